The molecule has 182 valence electrons. The van der Waals surface area contributed by atoms with Crippen LogP contribution in [0.4, 0.5) is 0 Å². The number of aromatic nitrogens is 2. The number of carbonyl (C=O) groups excluding carboxylic acids is 1. The fourth-order valence-electron chi connectivity index (χ4n) is 3.42. The lowest BCUT2D eigenvalue weighted by molar-refractivity contribution is -0.111. The van der Waals surface area contributed by atoms with Crippen LogP contribution in [0.2, 0.25) is 5.02 Å². The van der Waals surface area contributed by atoms with Gasteiger partial charge in [0.2, 0.25) is 5.24 Å². The largest absolute Gasteiger partial charge is 0.491 e. The number of thioether (sulfide) groups is 1. The number of halogens is 2. The molecule has 35 heavy (non-hydrogen) atoms. The molecule has 0 atom stereocenters. The number of benzene rings is 2. The van der Waals surface area contributed by atoms with E-state index in [2.05, 4.69) is 29.9 Å². The van der Waals surface area contributed by atoms with Crippen molar-refractivity contribution in [3.05, 3.63) is 76.1 Å². The highest BCUT2D eigenvalue weighted by Crippen LogP contribution is 2.38. The molecule has 0 aliphatic carbocycles. The molecule has 0 amide bonds. The van der Waals surface area contributed by atoms with Gasteiger partial charge in [0.05, 0.1) is 22.9 Å². The number of nitrogens with zero attached hydrogens (tertiary/aromatic N) is 3. The van der Waals surface area contributed by atoms with E-state index in [1.807, 2.05) is 42.7 Å². The molecule has 0 aliphatic rings. The molecule has 3 rings (SSSR count). The molecule has 1 aromatic heterocycles. The summed E-state index contributed by atoms with van der Waals surface area (Å²) >= 11 is 13.3. The number of rotatable bonds is 11. The lowest BCUT2D eigenvalue weighted by atomic mass is 9.77. The van der Waals surface area contributed by atoms with E-state index in [1.54, 1.807) is 12.3 Å². The standard InChI is InChI=1S/C26H25Cl2N3O3S/c1-26(2,19-13-17(15-29)24(22(27)14-19)33-12-4-5-23(28)32)18-6-8-21(9-7-18)34-16-20-10-11-30-25(31-20)35-3/h6-11,13-14H,4-5,12,16H2,1-3H3. The van der Waals surface area contributed by atoms with Crippen LogP contribution < -0.4 is 9.47 Å². The molecule has 3 aromatic rings. The van der Waals surface area contributed by atoms with Crippen molar-refractivity contribution in [2.75, 3.05) is 12.9 Å². The summed E-state index contributed by atoms with van der Waals surface area (Å²) in [5.41, 5.74) is 2.63. The van der Waals surface area contributed by atoms with E-state index in [0.29, 0.717) is 34.5 Å². The maximum Gasteiger partial charge on any atom is 0.221 e. The molecule has 0 aliphatic heterocycles. The summed E-state index contributed by atoms with van der Waals surface area (Å²) in [5.74, 6) is 1.04. The molecule has 1 heterocycles. The minimum atomic E-state index is -0.433. The second kappa shape index (κ2) is 12.3. The maximum atomic E-state index is 10.9. The average molecular weight is 530 g/mol. The van der Waals surface area contributed by atoms with Gasteiger partial charge in [0.15, 0.2) is 10.9 Å². The molecular formula is C26H25Cl2N3O3S. The van der Waals surface area contributed by atoms with Gasteiger partial charge in [-0.1, -0.05) is 49.3 Å². The van der Waals surface area contributed by atoms with Crippen molar-refractivity contribution < 1.29 is 14.3 Å². The first-order valence-electron chi connectivity index (χ1n) is 10.9. The van der Waals surface area contributed by atoms with Crippen LogP contribution in [0.15, 0.2) is 53.8 Å². The summed E-state index contributed by atoms with van der Waals surface area (Å²) in [7, 11) is 0. The zero-order valence-corrected chi connectivity index (χ0v) is 22.0. The van der Waals surface area contributed by atoms with Crippen LogP contribution in [0, 0.1) is 11.3 Å². The Morgan fingerprint density at radius 3 is 2.54 bits per heavy atom. The third kappa shape index (κ3) is 7.11. The van der Waals surface area contributed by atoms with E-state index in [0.717, 1.165) is 22.6 Å². The fraction of sp³-hybridized carbons (Fsp3) is 0.308. The van der Waals surface area contributed by atoms with Crippen LogP contribution in [0.3, 0.4) is 0 Å². The number of carbonyl (C=O) groups is 1. The molecule has 0 saturated heterocycles. The van der Waals surface area contributed by atoms with Crippen molar-refractivity contribution >= 4 is 40.2 Å². The smallest absolute Gasteiger partial charge is 0.221 e. The van der Waals surface area contributed by atoms with Gasteiger partial charge in [-0.25, -0.2) is 9.97 Å². The van der Waals surface area contributed by atoms with Crippen LogP contribution in [-0.4, -0.2) is 28.1 Å². The Balaban J connectivity index is 1.73. The molecule has 0 saturated carbocycles. The van der Waals surface area contributed by atoms with Crippen LogP contribution in [0.25, 0.3) is 0 Å². The molecule has 9 heteroatoms. The minimum absolute atomic E-state index is 0.198. The van der Waals surface area contributed by atoms with Crippen molar-refractivity contribution in [3.63, 3.8) is 0 Å². The maximum absolute atomic E-state index is 10.9. The predicted octanol–water partition coefficient (Wildman–Crippen LogP) is 6.55. The summed E-state index contributed by atoms with van der Waals surface area (Å²) in [6, 6.07) is 15.4. The van der Waals surface area contributed by atoms with Gasteiger partial charge in [0.1, 0.15) is 18.4 Å². The lowest BCUT2D eigenvalue weighted by Gasteiger charge is -2.27. The highest BCUT2D eigenvalue weighted by Gasteiger charge is 2.26. The number of hydrogen-bond donors (Lipinski definition) is 0. The molecule has 0 radical (unpaired) electrons. The average Bonchev–Trinajstić information content (AvgIpc) is 2.85. The fourth-order valence-corrected chi connectivity index (χ4v) is 4.20. The first-order chi connectivity index (χ1) is 16.7. The first-order valence-corrected chi connectivity index (χ1v) is 12.9. The normalized spacial score (nSPS) is 11.1. The first kappa shape index (κ1) is 26.8. The molecule has 6 nitrogen and oxygen atoms in total. The topological polar surface area (TPSA) is 85.1 Å². The van der Waals surface area contributed by atoms with Gasteiger partial charge >= 0.3 is 0 Å². The van der Waals surface area contributed by atoms with E-state index < -0.39 is 10.7 Å². The van der Waals surface area contributed by atoms with Gasteiger partial charge in [-0.3, -0.25) is 4.79 Å². The third-order valence-corrected chi connectivity index (χ3v) is 6.52. The summed E-state index contributed by atoms with van der Waals surface area (Å²) in [6.07, 6.45) is 4.30. The Morgan fingerprint density at radius 1 is 1.14 bits per heavy atom. The number of hydrogen-bond acceptors (Lipinski definition) is 7. The SMILES string of the molecule is CSc1nccc(COc2ccc(C(C)(C)c3cc(Cl)c(OCCCC(=O)Cl)c(C#N)c3)cc2)n1. The van der Waals surface area contributed by atoms with Crippen LogP contribution in [-0.2, 0) is 16.8 Å². The molecular weight excluding hydrogens is 505 g/mol. The molecule has 2 aromatic carbocycles. The van der Waals surface area contributed by atoms with E-state index in [4.69, 9.17) is 32.7 Å². The second-order valence-corrected chi connectivity index (χ2v) is 9.83. The summed E-state index contributed by atoms with van der Waals surface area (Å²) in [6.45, 7) is 4.71. The highest BCUT2D eigenvalue weighted by atomic mass is 35.5. The zero-order chi connectivity index (χ0) is 25.4. The predicted molar refractivity (Wildman–Crippen MR) is 138 cm³/mol. The van der Waals surface area contributed by atoms with Crippen molar-refractivity contribution in [3.8, 4) is 17.6 Å². The minimum Gasteiger partial charge on any atom is -0.491 e. The van der Waals surface area contributed by atoms with Gasteiger partial charge < -0.3 is 9.47 Å². The van der Waals surface area contributed by atoms with Gasteiger partial charge in [0, 0.05) is 18.0 Å². The zero-order valence-electron chi connectivity index (χ0n) is 19.7. The van der Waals surface area contributed by atoms with Crippen molar-refractivity contribution in [2.45, 2.75) is 43.9 Å². The Labute approximate surface area is 219 Å². The van der Waals surface area contributed by atoms with Crippen molar-refractivity contribution in [1.29, 1.82) is 5.26 Å². The molecule has 0 N–H and O–H groups in total. The van der Waals surface area contributed by atoms with Gasteiger partial charge in [-0.2, -0.15) is 5.26 Å². The Bertz CT molecular complexity index is 1230. The third-order valence-electron chi connectivity index (χ3n) is 5.49. The van der Waals surface area contributed by atoms with E-state index >= 15 is 0 Å². The van der Waals surface area contributed by atoms with Crippen molar-refractivity contribution in [2.24, 2.45) is 0 Å². The molecule has 0 bridgehead atoms. The van der Waals surface area contributed by atoms with Crippen LogP contribution >= 0.6 is 35.0 Å². The summed E-state index contributed by atoms with van der Waals surface area (Å²) < 4.78 is 11.6. The molecule has 0 unspecified atom stereocenters. The number of nitriles is 1. The van der Waals surface area contributed by atoms with Crippen molar-refractivity contribution in [1.82, 2.24) is 9.97 Å². The Hall–Kier alpha value is -2.79. The van der Waals surface area contributed by atoms with Gasteiger partial charge in [-0.05, 0) is 65.7 Å². The summed E-state index contributed by atoms with van der Waals surface area (Å²) in [5, 5.41) is 10.3. The van der Waals surface area contributed by atoms with Crippen LogP contribution in [0.1, 0.15) is 49.1 Å². The van der Waals surface area contributed by atoms with Crippen LogP contribution in [0.5, 0.6) is 11.5 Å². The van der Waals surface area contributed by atoms with Gasteiger partial charge in [0.25, 0.3) is 0 Å². The molecule has 0 fully saturated rings. The van der Waals surface area contributed by atoms with E-state index in [-0.39, 0.29) is 13.0 Å². The highest BCUT2D eigenvalue weighted by molar-refractivity contribution is 7.98. The quantitative estimate of drug-likeness (QED) is 0.120. The second-order valence-electron chi connectivity index (χ2n) is 8.23. The Morgan fingerprint density at radius 2 is 1.89 bits per heavy atom. The van der Waals surface area contributed by atoms with E-state index in [9.17, 15) is 10.1 Å². The van der Waals surface area contributed by atoms with Gasteiger partial charge in [-0.15, -0.1) is 0 Å². The number of ether oxygens (including phenoxy) is 2. The Kier molecular flexibility index (Phi) is 9.39. The van der Waals surface area contributed by atoms with E-state index in [1.165, 1.54) is 11.8 Å². The monoisotopic (exact) mass is 529 g/mol. The molecule has 0 spiro atoms. The summed E-state index contributed by atoms with van der Waals surface area (Å²) in [4.78, 5) is 19.5. The lowest BCUT2D eigenvalue weighted by Crippen LogP contribution is -2.19.